The Morgan fingerprint density at radius 1 is 1.44 bits per heavy atom. The van der Waals surface area contributed by atoms with Gasteiger partial charge in [0.05, 0.1) is 16.4 Å². The van der Waals surface area contributed by atoms with Gasteiger partial charge in [-0.2, -0.15) is 0 Å². The Balaban J connectivity index is 2.58. The van der Waals surface area contributed by atoms with Gasteiger partial charge in [-0.3, -0.25) is 4.79 Å². The molecule has 3 nitrogen and oxygen atoms in total. The Morgan fingerprint density at radius 2 is 2.06 bits per heavy atom. The zero-order valence-corrected chi connectivity index (χ0v) is 11.2. The molecule has 0 radical (unpaired) electrons. The molecule has 1 amide bonds. The van der Waals surface area contributed by atoms with Gasteiger partial charge in [-0.15, -0.1) is 11.3 Å². The number of thiophene rings is 1. The number of carbonyl (C=O) groups is 1. The second kappa shape index (κ2) is 5.66. The fraction of sp³-hybridized carbons (Fsp3) is 0.545. The van der Waals surface area contributed by atoms with Gasteiger partial charge < -0.3 is 11.1 Å². The lowest BCUT2D eigenvalue weighted by Crippen LogP contribution is -2.44. The Hall–Kier alpha value is -0.580. The van der Waals surface area contributed by atoms with E-state index in [1.807, 2.05) is 32.9 Å². The topological polar surface area (TPSA) is 55.1 Å². The van der Waals surface area contributed by atoms with E-state index in [0.29, 0.717) is 0 Å². The lowest BCUT2D eigenvalue weighted by Gasteiger charge is -2.18. The number of hydrogen-bond acceptors (Lipinski definition) is 3. The molecule has 3 N–H and O–H groups in total. The highest BCUT2D eigenvalue weighted by molar-refractivity contribution is 7.16. The fourth-order valence-corrected chi connectivity index (χ4v) is 2.31. The molecule has 0 aliphatic heterocycles. The Kier molecular flexibility index (Phi) is 4.77. The van der Waals surface area contributed by atoms with Crippen LogP contribution in [0.3, 0.4) is 0 Å². The highest BCUT2D eigenvalue weighted by atomic mass is 35.5. The predicted molar refractivity (Wildman–Crippen MR) is 68.7 cm³/mol. The molecule has 0 aliphatic rings. The molecule has 0 saturated carbocycles. The van der Waals surface area contributed by atoms with E-state index in [9.17, 15) is 4.79 Å². The first-order valence-electron chi connectivity index (χ1n) is 5.23. The van der Waals surface area contributed by atoms with Gasteiger partial charge in [-0.25, -0.2) is 0 Å². The van der Waals surface area contributed by atoms with E-state index >= 15 is 0 Å². The summed E-state index contributed by atoms with van der Waals surface area (Å²) < 4.78 is 0.726. The van der Waals surface area contributed by atoms with Crippen LogP contribution < -0.4 is 11.1 Å². The van der Waals surface area contributed by atoms with Gasteiger partial charge in [0.15, 0.2) is 0 Å². The van der Waals surface area contributed by atoms with E-state index < -0.39 is 6.04 Å². The summed E-state index contributed by atoms with van der Waals surface area (Å²) in [5, 5.41) is 2.88. The van der Waals surface area contributed by atoms with Crippen LogP contribution in [0.25, 0.3) is 0 Å². The minimum atomic E-state index is -0.460. The molecule has 0 bridgehead atoms. The van der Waals surface area contributed by atoms with Gasteiger partial charge in [0.25, 0.3) is 0 Å². The van der Waals surface area contributed by atoms with Crippen LogP contribution in [0.15, 0.2) is 12.1 Å². The van der Waals surface area contributed by atoms with Gasteiger partial charge in [-0.05, 0) is 25.0 Å². The summed E-state index contributed by atoms with van der Waals surface area (Å²) in [5.74, 6) is 0.0196. The molecule has 1 heterocycles. The normalized spacial score (nSPS) is 14.9. The van der Waals surface area contributed by atoms with Crippen LogP contribution in [-0.4, -0.2) is 11.9 Å². The third-order valence-electron chi connectivity index (χ3n) is 2.40. The molecular weight excluding hydrogens is 244 g/mol. The smallest absolute Gasteiger partial charge is 0.237 e. The molecule has 1 unspecified atom stereocenters. The van der Waals surface area contributed by atoms with Gasteiger partial charge in [0.1, 0.15) is 0 Å². The van der Waals surface area contributed by atoms with Crippen LogP contribution in [-0.2, 0) is 4.79 Å². The first-order valence-corrected chi connectivity index (χ1v) is 6.42. The average Bonchev–Trinajstić information content (AvgIpc) is 2.63. The average molecular weight is 261 g/mol. The summed E-state index contributed by atoms with van der Waals surface area (Å²) in [6.07, 6.45) is 0. The molecule has 90 valence electrons. The molecule has 0 aliphatic carbocycles. The summed E-state index contributed by atoms with van der Waals surface area (Å²) in [5.41, 5.74) is 5.76. The van der Waals surface area contributed by atoms with E-state index in [1.165, 1.54) is 11.3 Å². The second-order valence-corrected chi connectivity index (χ2v) is 5.89. The van der Waals surface area contributed by atoms with Crippen molar-refractivity contribution in [2.75, 3.05) is 0 Å². The van der Waals surface area contributed by atoms with E-state index in [0.717, 1.165) is 9.21 Å². The van der Waals surface area contributed by atoms with E-state index in [1.54, 1.807) is 0 Å². The molecule has 0 saturated heterocycles. The lowest BCUT2D eigenvalue weighted by atomic mass is 10.0. The van der Waals surface area contributed by atoms with Crippen molar-refractivity contribution >= 4 is 28.8 Å². The summed E-state index contributed by atoms with van der Waals surface area (Å²) in [6, 6.07) is 3.23. The minimum absolute atomic E-state index is 0.0465. The molecule has 0 aromatic carbocycles. The summed E-state index contributed by atoms with van der Waals surface area (Å²) >= 11 is 7.30. The van der Waals surface area contributed by atoms with E-state index in [-0.39, 0.29) is 17.9 Å². The summed E-state index contributed by atoms with van der Waals surface area (Å²) in [6.45, 7) is 5.78. The van der Waals surface area contributed by atoms with Crippen molar-refractivity contribution in [2.45, 2.75) is 32.9 Å². The molecule has 0 fully saturated rings. The number of nitrogens with one attached hydrogen (secondary N) is 1. The molecule has 1 aromatic heterocycles. The Bertz CT molecular complexity index is 365. The Morgan fingerprint density at radius 3 is 2.50 bits per heavy atom. The van der Waals surface area contributed by atoms with Crippen LogP contribution in [0.2, 0.25) is 4.34 Å². The highest BCUT2D eigenvalue weighted by Gasteiger charge is 2.19. The van der Waals surface area contributed by atoms with Crippen molar-refractivity contribution in [3.8, 4) is 0 Å². The highest BCUT2D eigenvalue weighted by Crippen LogP contribution is 2.26. The maximum Gasteiger partial charge on any atom is 0.237 e. The van der Waals surface area contributed by atoms with Gasteiger partial charge in [-0.1, -0.05) is 25.4 Å². The lowest BCUT2D eigenvalue weighted by molar-refractivity contribution is -0.123. The fourth-order valence-electron chi connectivity index (χ4n) is 1.24. The van der Waals surface area contributed by atoms with Crippen molar-refractivity contribution in [1.82, 2.24) is 5.32 Å². The second-order valence-electron chi connectivity index (χ2n) is 4.14. The first kappa shape index (κ1) is 13.5. The molecule has 1 aromatic rings. The quantitative estimate of drug-likeness (QED) is 0.874. The number of halogens is 1. The van der Waals surface area contributed by atoms with Crippen LogP contribution >= 0.6 is 22.9 Å². The summed E-state index contributed by atoms with van der Waals surface area (Å²) in [7, 11) is 0. The van der Waals surface area contributed by atoms with Crippen LogP contribution in [0.5, 0.6) is 0 Å². The largest absolute Gasteiger partial charge is 0.347 e. The van der Waals surface area contributed by atoms with E-state index in [2.05, 4.69) is 5.32 Å². The van der Waals surface area contributed by atoms with Gasteiger partial charge in [0.2, 0.25) is 5.91 Å². The van der Waals surface area contributed by atoms with Crippen molar-refractivity contribution in [3.63, 3.8) is 0 Å². The molecule has 1 rings (SSSR count). The monoisotopic (exact) mass is 260 g/mol. The van der Waals surface area contributed by atoms with Gasteiger partial charge in [0, 0.05) is 4.88 Å². The number of hydrogen-bond donors (Lipinski definition) is 2. The van der Waals surface area contributed by atoms with Crippen molar-refractivity contribution in [1.29, 1.82) is 0 Å². The summed E-state index contributed by atoms with van der Waals surface area (Å²) in [4.78, 5) is 12.7. The third-order valence-corrected chi connectivity index (χ3v) is 3.81. The zero-order chi connectivity index (χ0) is 12.3. The maximum absolute atomic E-state index is 11.7. The number of amides is 1. The standard InChI is InChI=1S/C11H17ClN2OS/c1-6(2)10(13)11(15)14-7(3)8-4-5-9(12)16-8/h4-7,10H,13H2,1-3H3,(H,14,15)/t7?,10-/m0/s1. The third kappa shape index (κ3) is 3.47. The van der Waals surface area contributed by atoms with Gasteiger partial charge >= 0.3 is 0 Å². The zero-order valence-electron chi connectivity index (χ0n) is 9.66. The first-order chi connectivity index (χ1) is 7.41. The number of carbonyl (C=O) groups excluding carboxylic acids is 1. The van der Waals surface area contributed by atoms with Crippen LogP contribution in [0, 0.1) is 5.92 Å². The van der Waals surface area contributed by atoms with Crippen LogP contribution in [0.1, 0.15) is 31.7 Å². The molecule has 5 heteroatoms. The van der Waals surface area contributed by atoms with Crippen molar-refractivity contribution in [3.05, 3.63) is 21.3 Å². The maximum atomic E-state index is 11.7. The molecular formula is C11H17ClN2OS. The number of nitrogens with two attached hydrogens (primary N) is 1. The molecule has 0 spiro atoms. The van der Waals surface area contributed by atoms with E-state index in [4.69, 9.17) is 17.3 Å². The minimum Gasteiger partial charge on any atom is -0.347 e. The SMILES string of the molecule is CC(NC(=O)[C@@H](N)C(C)C)c1ccc(Cl)s1. The molecule has 2 atom stereocenters. The predicted octanol–water partition coefficient (Wildman–Crippen LogP) is 2.56. The van der Waals surface area contributed by atoms with Crippen LogP contribution in [0.4, 0.5) is 0 Å². The Labute approximate surface area is 105 Å². The number of rotatable bonds is 4. The van der Waals surface area contributed by atoms with Crippen molar-refractivity contribution in [2.24, 2.45) is 11.7 Å². The van der Waals surface area contributed by atoms with Crippen molar-refractivity contribution < 1.29 is 4.79 Å². The molecule has 16 heavy (non-hydrogen) atoms.